The van der Waals surface area contributed by atoms with Gasteiger partial charge in [0.05, 0.1) is 12.5 Å². The van der Waals surface area contributed by atoms with Crippen molar-refractivity contribution in [1.82, 2.24) is 20.2 Å². The highest BCUT2D eigenvalue weighted by Crippen LogP contribution is 2.45. The molecule has 0 amide bonds. The number of nitrogens with zero attached hydrogens (tertiary/aromatic N) is 3. The van der Waals surface area contributed by atoms with Gasteiger partial charge >= 0.3 is 5.97 Å². The molecule has 3 aliphatic carbocycles. The highest BCUT2D eigenvalue weighted by molar-refractivity contribution is 5.91. The summed E-state index contributed by atoms with van der Waals surface area (Å²) in [4.78, 5) is 20.6. The lowest BCUT2D eigenvalue weighted by Gasteiger charge is -2.38. The molecule has 12 heteroatoms. The third-order valence-electron chi connectivity index (χ3n) is 7.20. The maximum atomic E-state index is 15.5. The predicted molar refractivity (Wildman–Crippen MR) is 123 cm³/mol. The molecule has 2 aromatic heterocycles. The zero-order valence-electron chi connectivity index (χ0n) is 19.6. The first-order chi connectivity index (χ1) is 17.4. The van der Waals surface area contributed by atoms with E-state index in [0.29, 0.717) is 0 Å². The molecule has 9 nitrogen and oxygen atoms in total. The summed E-state index contributed by atoms with van der Waals surface area (Å²) in [6.07, 6.45) is 4.21. The number of aromatic nitrogens is 4. The van der Waals surface area contributed by atoms with E-state index in [4.69, 9.17) is 9.47 Å². The molecule has 0 aliphatic heterocycles. The van der Waals surface area contributed by atoms with Gasteiger partial charge in [-0.05, 0) is 43.6 Å². The molecule has 0 saturated heterocycles. The number of hydrogen-bond acceptors (Lipinski definition) is 7. The number of rotatable bonds is 8. The Morgan fingerprint density at radius 3 is 2.69 bits per heavy atom. The summed E-state index contributed by atoms with van der Waals surface area (Å²) in [5.41, 5.74) is -0.0529. The third-order valence-corrected chi connectivity index (χ3v) is 7.20. The Bertz CT molecular complexity index is 1280. The lowest BCUT2D eigenvalue weighted by Crippen LogP contribution is -2.46. The number of carboxylic acid groups (broad SMARTS) is 1. The van der Waals surface area contributed by atoms with E-state index in [1.807, 2.05) is 0 Å². The number of aliphatic carboxylic acids is 1. The Labute approximate surface area is 204 Å². The summed E-state index contributed by atoms with van der Waals surface area (Å²) >= 11 is 0. The molecule has 6 rings (SSSR count). The highest BCUT2D eigenvalue weighted by Gasteiger charge is 2.46. The van der Waals surface area contributed by atoms with Crippen LogP contribution < -0.4 is 10.1 Å². The number of fused-ring (bicyclic) bond motifs is 5. The van der Waals surface area contributed by atoms with Crippen LogP contribution in [-0.2, 0) is 9.53 Å². The van der Waals surface area contributed by atoms with Crippen LogP contribution in [0.3, 0.4) is 0 Å². The molecular formula is C24H26F3N5O4. The standard InChI is InChI=1S/C24H26F3N5O4/c1-35-7-8-36-23-17(27)21(28-18-12-4-2-3-11(5-6-12)16(18)24(33)34)29-22(30-23)20-14-9-13(25)10-15(26)19(14)31-32-20/h9-12,16,18H,2-8H2,1H3,(H,31,32)(H,33,34)(H,28,29,30)/t11?,12?,16-,18?/m1/s1. The number of carboxylic acids is 1. The summed E-state index contributed by atoms with van der Waals surface area (Å²) in [5.74, 6) is -4.95. The molecule has 3 aliphatic rings. The normalized spacial score (nSPS) is 23.6. The Morgan fingerprint density at radius 1 is 1.14 bits per heavy atom. The van der Waals surface area contributed by atoms with Crippen molar-refractivity contribution < 1.29 is 32.5 Å². The molecule has 36 heavy (non-hydrogen) atoms. The minimum Gasteiger partial charge on any atom is -0.481 e. The van der Waals surface area contributed by atoms with Gasteiger partial charge in [0.25, 0.3) is 5.88 Å². The first kappa shape index (κ1) is 24.3. The summed E-state index contributed by atoms with van der Waals surface area (Å²) in [5, 5.41) is 19.6. The fourth-order valence-corrected chi connectivity index (χ4v) is 5.55. The number of methoxy groups -OCH3 is 1. The second-order valence-electron chi connectivity index (χ2n) is 9.30. The van der Waals surface area contributed by atoms with E-state index in [0.717, 1.165) is 44.2 Å². The van der Waals surface area contributed by atoms with Crippen molar-refractivity contribution in [2.24, 2.45) is 17.8 Å². The average Bonchev–Trinajstić information content (AvgIpc) is 3.02. The van der Waals surface area contributed by atoms with Crippen molar-refractivity contribution in [3.05, 3.63) is 29.6 Å². The van der Waals surface area contributed by atoms with Crippen LogP contribution in [0.25, 0.3) is 22.4 Å². The first-order valence-electron chi connectivity index (χ1n) is 11.9. The summed E-state index contributed by atoms with van der Waals surface area (Å²) < 4.78 is 54.2. The van der Waals surface area contributed by atoms with Crippen molar-refractivity contribution in [2.45, 2.75) is 38.1 Å². The average molecular weight is 505 g/mol. The minimum atomic E-state index is -0.931. The molecule has 2 heterocycles. The predicted octanol–water partition coefficient (Wildman–Crippen LogP) is 4.15. The van der Waals surface area contributed by atoms with Gasteiger partial charge in [0.2, 0.25) is 5.82 Å². The fraction of sp³-hybridized carbons (Fsp3) is 0.500. The van der Waals surface area contributed by atoms with Crippen LogP contribution in [0.15, 0.2) is 12.1 Å². The Kier molecular flexibility index (Phi) is 6.69. The summed E-state index contributed by atoms with van der Waals surface area (Å²) in [6, 6.07) is 1.25. The molecule has 192 valence electrons. The van der Waals surface area contributed by atoms with Gasteiger partial charge in [-0.3, -0.25) is 9.89 Å². The van der Waals surface area contributed by atoms with Crippen LogP contribution in [0.2, 0.25) is 0 Å². The monoisotopic (exact) mass is 505 g/mol. The van der Waals surface area contributed by atoms with Gasteiger partial charge in [0.15, 0.2) is 17.5 Å². The quantitative estimate of drug-likeness (QED) is 0.390. The van der Waals surface area contributed by atoms with Crippen molar-refractivity contribution in [3.8, 4) is 17.4 Å². The molecule has 0 spiro atoms. The molecule has 3 fully saturated rings. The van der Waals surface area contributed by atoms with E-state index in [-0.39, 0.29) is 53.3 Å². The topological polar surface area (TPSA) is 122 Å². The number of nitrogens with one attached hydrogen (secondary N) is 2. The molecule has 0 radical (unpaired) electrons. The van der Waals surface area contributed by atoms with Gasteiger partial charge in [0.1, 0.15) is 23.6 Å². The van der Waals surface area contributed by atoms with Gasteiger partial charge in [-0.25, -0.2) is 13.8 Å². The molecule has 3 N–H and O–H groups in total. The molecule has 2 bridgehead atoms. The number of carbonyl (C=O) groups is 1. The molecule has 3 unspecified atom stereocenters. The number of halogens is 3. The van der Waals surface area contributed by atoms with Crippen molar-refractivity contribution in [2.75, 3.05) is 25.6 Å². The van der Waals surface area contributed by atoms with Crippen molar-refractivity contribution in [1.29, 1.82) is 0 Å². The van der Waals surface area contributed by atoms with Crippen molar-refractivity contribution in [3.63, 3.8) is 0 Å². The number of anilines is 1. The Hall–Kier alpha value is -3.41. The molecular weight excluding hydrogens is 479 g/mol. The van der Waals surface area contributed by atoms with E-state index in [1.54, 1.807) is 0 Å². The van der Waals surface area contributed by atoms with E-state index in [9.17, 15) is 18.7 Å². The largest absolute Gasteiger partial charge is 0.481 e. The second kappa shape index (κ2) is 9.92. The zero-order chi connectivity index (χ0) is 25.4. The summed E-state index contributed by atoms with van der Waals surface area (Å²) in [6.45, 7) is 0.149. The van der Waals surface area contributed by atoms with E-state index >= 15 is 4.39 Å². The number of ether oxygens (including phenoxy) is 2. The molecule has 4 atom stereocenters. The molecule has 3 aromatic rings. The van der Waals surface area contributed by atoms with Crippen LogP contribution >= 0.6 is 0 Å². The SMILES string of the molecule is COCCOc1nc(-c2n[nH]c3c(F)cc(F)cc23)nc(NC2C3CCCC(CC3)[C@H]2C(=O)O)c1F. The van der Waals surface area contributed by atoms with Gasteiger partial charge in [0, 0.05) is 24.6 Å². The van der Waals surface area contributed by atoms with Crippen LogP contribution in [0.5, 0.6) is 5.88 Å². The smallest absolute Gasteiger partial charge is 0.308 e. The number of hydrogen-bond donors (Lipinski definition) is 3. The maximum absolute atomic E-state index is 15.5. The van der Waals surface area contributed by atoms with Crippen LogP contribution in [-0.4, -0.2) is 57.6 Å². The Balaban J connectivity index is 1.59. The van der Waals surface area contributed by atoms with E-state index in [2.05, 4.69) is 25.5 Å². The number of aromatic amines is 1. The second-order valence-corrected chi connectivity index (χ2v) is 9.30. The third kappa shape index (κ3) is 4.45. The number of benzene rings is 1. The van der Waals surface area contributed by atoms with Gasteiger partial charge in [-0.1, -0.05) is 6.42 Å². The lowest BCUT2D eigenvalue weighted by molar-refractivity contribution is -0.145. The minimum absolute atomic E-state index is 0.000197. The van der Waals surface area contributed by atoms with Crippen LogP contribution in [0, 0.1) is 35.2 Å². The summed E-state index contributed by atoms with van der Waals surface area (Å²) in [7, 11) is 1.46. The van der Waals surface area contributed by atoms with Gasteiger partial charge in [-0.2, -0.15) is 14.5 Å². The molecule has 3 saturated carbocycles. The van der Waals surface area contributed by atoms with E-state index < -0.39 is 41.3 Å². The van der Waals surface area contributed by atoms with Crippen LogP contribution in [0.4, 0.5) is 19.0 Å². The Morgan fingerprint density at radius 2 is 1.92 bits per heavy atom. The fourth-order valence-electron chi connectivity index (χ4n) is 5.55. The highest BCUT2D eigenvalue weighted by atomic mass is 19.1. The van der Waals surface area contributed by atoms with Crippen LogP contribution in [0.1, 0.15) is 32.1 Å². The number of H-pyrrole nitrogens is 1. The maximum Gasteiger partial charge on any atom is 0.308 e. The first-order valence-corrected chi connectivity index (χ1v) is 11.9. The molecule has 1 aromatic carbocycles. The van der Waals surface area contributed by atoms with Gasteiger partial charge in [-0.15, -0.1) is 0 Å². The van der Waals surface area contributed by atoms with Gasteiger partial charge < -0.3 is 19.9 Å². The lowest BCUT2D eigenvalue weighted by atomic mass is 9.71. The zero-order valence-corrected chi connectivity index (χ0v) is 19.6. The van der Waals surface area contributed by atoms with E-state index in [1.165, 1.54) is 7.11 Å². The van der Waals surface area contributed by atoms with Crippen molar-refractivity contribution >= 4 is 22.7 Å².